The lowest BCUT2D eigenvalue weighted by molar-refractivity contribution is -0.136. The zero-order valence-corrected chi connectivity index (χ0v) is 13.0. The van der Waals surface area contributed by atoms with E-state index in [-0.39, 0.29) is 0 Å². The van der Waals surface area contributed by atoms with Gasteiger partial charge in [-0.2, -0.15) is 0 Å². The summed E-state index contributed by atoms with van der Waals surface area (Å²) in [6.45, 7) is 6.75. The van der Waals surface area contributed by atoms with Crippen LogP contribution in [-0.2, 0) is 4.79 Å². The molecule has 0 saturated carbocycles. The number of nitrogens with two attached hydrogens (primary N) is 1. The van der Waals surface area contributed by atoms with E-state index < -0.39 is 0 Å². The van der Waals surface area contributed by atoms with E-state index >= 15 is 0 Å². The van der Waals surface area contributed by atoms with Crippen LogP contribution in [0.3, 0.4) is 0 Å². The SMILES string of the molecule is CCC1CCCCN1C(=O)CN1CCC(CCN)CC1. The van der Waals surface area contributed by atoms with Crippen LogP contribution < -0.4 is 5.73 Å². The largest absolute Gasteiger partial charge is 0.339 e. The normalized spacial score (nSPS) is 25.9. The van der Waals surface area contributed by atoms with Crippen LogP contribution in [0.15, 0.2) is 0 Å². The fraction of sp³-hybridized carbons (Fsp3) is 0.938. The van der Waals surface area contributed by atoms with Gasteiger partial charge in [-0.25, -0.2) is 0 Å². The van der Waals surface area contributed by atoms with Gasteiger partial charge in [0.2, 0.25) is 5.91 Å². The van der Waals surface area contributed by atoms with E-state index in [9.17, 15) is 4.79 Å². The molecule has 1 atom stereocenters. The van der Waals surface area contributed by atoms with E-state index in [0.717, 1.165) is 44.9 Å². The van der Waals surface area contributed by atoms with Gasteiger partial charge in [0.25, 0.3) is 0 Å². The lowest BCUT2D eigenvalue weighted by Crippen LogP contribution is -2.49. The summed E-state index contributed by atoms with van der Waals surface area (Å²) in [4.78, 5) is 17.0. The molecule has 2 rings (SSSR count). The Morgan fingerprint density at radius 3 is 2.55 bits per heavy atom. The summed E-state index contributed by atoms with van der Waals surface area (Å²) in [6.07, 6.45) is 8.33. The highest BCUT2D eigenvalue weighted by Gasteiger charge is 2.27. The average Bonchev–Trinajstić information content (AvgIpc) is 2.49. The van der Waals surface area contributed by atoms with Crippen LogP contribution in [0, 0.1) is 5.92 Å². The molecule has 20 heavy (non-hydrogen) atoms. The first kappa shape index (κ1) is 15.8. The number of likely N-dealkylation sites (tertiary alicyclic amines) is 2. The molecule has 2 aliphatic heterocycles. The second-order valence-corrected chi connectivity index (χ2v) is 6.44. The Bertz CT molecular complexity index is 300. The second kappa shape index (κ2) is 7.99. The third kappa shape index (κ3) is 4.19. The minimum atomic E-state index is 0.355. The number of nitrogens with zero attached hydrogens (tertiary/aromatic N) is 2. The number of carbonyl (C=O) groups excluding carboxylic acids is 1. The highest BCUT2D eigenvalue weighted by molar-refractivity contribution is 5.78. The molecule has 0 spiro atoms. The van der Waals surface area contributed by atoms with Gasteiger partial charge in [-0.3, -0.25) is 9.69 Å². The topological polar surface area (TPSA) is 49.6 Å². The van der Waals surface area contributed by atoms with Gasteiger partial charge >= 0.3 is 0 Å². The number of hydrogen-bond acceptors (Lipinski definition) is 3. The lowest BCUT2D eigenvalue weighted by atomic mass is 9.93. The van der Waals surface area contributed by atoms with E-state index in [2.05, 4.69) is 16.7 Å². The van der Waals surface area contributed by atoms with Gasteiger partial charge in [-0.15, -0.1) is 0 Å². The molecule has 0 aromatic rings. The van der Waals surface area contributed by atoms with Gasteiger partial charge in [0.15, 0.2) is 0 Å². The van der Waals surface area contributed by atoms with Gasteiger partial charge < -0.3 is 10.6 Å². The summed E-state index contributed by atoms with van der Waals surface area (Å²) in [7, 11) is 0. The molecule has 1 amide bonds. The number of amides is 1. The molecule has 1 unspecified atom stereocenters. The predicted octanol–water partition coefficient (Wildman–Crippen LogP) is 1.84. The van der Waals surface area contributed by atoms with Crippen molar-refractivity contribution in [3.8, 4) is 0 Å². The maximum absolute atomic E-state index is 12.5. The lowest BCUT2D eigenvalue weighted by Gasteiger charge is -2.38. The van der Waals surface area contributed by atoms with Gasteiger partial charge in [0.05, 0.1) is 6.54 Å². The number of hydrogen-bond donors (Lipinski definition) is 1. The molecule has 116 valence electrons. The van der Waals surface area contributed by atoms with Gasteiger partial charge in [0.1, 0.15) is 0 Å². The van der Waals surface area contributed by atoms with E-state index in [4.69, 9.17) is 5.73 Å². The third-order valence-corrected chi connectivity index (χ3v) is 5.06. The molecule has 2 fully saturated rings. The monoisotopic (exact) mass is 281 g/mol. The minimum Gasteiger partial charge on any atom is -0.339 e. The van der Waals surface area contributed by atoms with Crippen molar-refractivity contribution >= 4 is 5.91 Å². The highest BCUT2D eigenvalue weighted by Crippen LogP contribution is 2.22. The fourth-order valence-electron chi connectivity index (χ4n) is 3.70. The summed E-state index contributed by atoms with van der Waals surface area (Å²) in [5, 5.41) is 0. The van der Waals surface area contributed by atoms with Crippen molar-refractivity contribution in [2.24, 2.45) is 11.7 Å². The molecule has 0 aromatic heterocycles. The first-order valence-corrected chi connectivity index (χ1v) is 8.46. The summed E-state index contributed by atoms with van der Waals surface area (Å²) < 4.78 is 0. The second-order valence-electron chi connectivity index (χ2n) is 6.44. The summed E-state index contributed by atoms with van der Waals surface area (Å²) in [5.41, 5.74) is 5.63. The van der Waals surface area contributed by atoms with E-state index in [1.807, 2.05) is 0 Å². The van der Waals surface area contributed by atoms with Crippen molar-refractivity contribution in [1.29, 1.82) is 0 Å². The Hall–Kier alpha value is -0.610. The summed E-state index contributed by atoms with van der Waals surface area (Å²) in [5.74, 6) is 1.14. The van der Waals surface area contributed by atoms with E-state index in [1.54, 1.807) is 0 Å². The van der Waals surface area contributed by atoms with Crippen molar-refractivity contribution in [3.63, 3.8) is 0 Å². The molecule has 0 aliphatic carbocycles. The van der Waals surface area contributed by atoms with Gasteiger partial charge in [0, 0.05) is 12.6 Å². The summed E-state index contributed by atoms with van der Waals surface area (Å²) in [6, 6.07) is 0.492. The molecule has 4 nitrogen and oxygen atoms in total. The van der Waals surface area contributed by atoms with Crippen LogP contribution in [0.1, 0.15) is 51.9 Å². The smallest absolute Gasteiger partial charge is 0.236 e. The summed E-state index contributed by atoms with van der Waals surface area (Å²) >= 11 is 0. The molecule has 2 aliphatic rings. The van der Waals surface area contributed by atoms with Crippen LogP contribution in [0.4, 0.5) is 0 Å². The quantitative estimate of drug-likeness (QED) is 0.836. The molecular weight excluding hydrogens is 250 g/mol. The third-order valence-electron chi connectivity index (χ3n) is 5.06. The van der Waals surface area contributed by atoms with Crippen LogP contribution in [-0.4, -0.2) is 54.5 Å². The number of piperidine rings is 2. The fourth-order valence-corrected chi connectivity index (χ4v) is 3.70. The first-order valence-electron chi connectivity index (χ1n) is 8.46. The van der Waals surface area contributed by atoms with Crippen molar-refractivity contribution in [2.75, 3.05) is 32.7 Å². The Morgan fingerprint density at radius 1 is 1.15 bits per heavy atom. The van der Waals surface area contributed by atoms with Crippen molar-refractivity contribution in [1.82, 2.24) is 9.80 Å². The molecule has 2 N–H and O–H groups in total. The number of carbonyl (C=O) groups is 1. The molecule has 0 aromatic carbocycles. The maximum Gasteiger partial charge on any atom is 0.236 e. The molecular formula is C16H31N3O. The Labute approximate surface area is 123 Å². The molecule has 2 saturated heterocycles. The molecule has 0 bridgehead atoms. The molecule has 2 heterocycles. The standard InChI is InChI=1S/C16H31N3O/c1-2-15-5-3-4-10-19(15)16(20)13-18-11-7-14(6-9-17)8-12-18/h14-15H,2-13,17H2,1H3. The zero-order chi connectivity index (χ0) is 14.4. The van der Waals surface area contributed by atoms with Crippen LogP contribution >= 0.6 is 0 Å². The Kier molecular flexibility index (Phi) is 6.30. The minimum absolute atomic E-state index is 0.355. The van der Waals surface area contributed by atoms with Crippen LogP contribution in [0.5, 0.6) is 0 Å². The van der Waals surface area contributed by atoms with Crippen molar-refractivity contribution in [2.45, 2.75) is 57.9 Å². The van der Waals surface area contributed by atoms with Crippen molar-refractivity contribution < 1.29 is 4.79 Å². The highest BCUT2D eigenvalue weighted by atomic mass is 16.2. The number of rotatable bonds is 5. The van der Waals surface area contributed by atoms with Gasteiger partial charge in [-0.1, -0.05) is 6.92 Å². The first-order chi connectivity index (χ1) is 9.74. The Balaban J connectivity index is 1.77. The molecule has 0 radical (unpaired) electrons. The van der Waals surface area contributed by atoms with Crippen LogP contribution in [0.2, 0.25) is 0 Å². The average molecular weight is 281 g/mol. The zero-order valence-electron chi connectivity index (χ0n) is 13.0. The Morgan fingerprint density at radius 2 is 1.90 bits per heavy atom. The van der Waals surface area contributed by atoms with E-state index in [0.29, 0.717) is 18.5 Å². The van der Waals surface area contributed by atoms with Gasteiger partial charge in [-0.05, 0) is 70.5 Å². The maximum atomic E-state index is 12.5. The predicted molar refractivity (Wildman–Crippen MR) is 82.5 cm³/mol. The van der Waals surface area contributed by atoms with Crippen LogP contribution in [0.25, 0.3) is 0 Å². The van der Waals surface area contributed by atoms with E-state index in [1.165, 1.54) is 32.1 Å². The van der Waals surface area contributed by atoms with Crippen molar-refractivity contribution in [3.05, 3.63) is 0 Å². The molecule has 4 heteroatoms.